The van der Waals surface area contributed by atoms with Crippen molar-refractivity contribution in [1.82, 2.24) is 4.90 Å². The lowest BCUT2D eigenvalue weighted by Gasteiger charge is -2.27. The molecule has 1 amide bonds. The maximum Gasteiger partial charge on any atom is 0.411 e. The van der Waals surface area contributed by atoms with Crippen LogP contribution in [-0.2, 0) is 14.3 Å². The number of amides is 1. The van der Waals surface area contributed by atoms with Crippen LogP contribution in [0.25, 0.3) is 0 Å². The molecule has 1 aromatic rings. The van der Waals surface area contributed by atoms with Gasteiger partial charge in [-0.1, -0.05) is 0 Å². The van der Waals surface area contributed by atoms with Crippen molar-refractivity contribution in [1.29, 1.82) is 0 Å². The number of quaternary nitrogens is 1. The van der Waals surface area contributed by atoms with Gasteiger partial charge in [0, 0.05) is 18.6 Å². The molecule has 0 radical (unpaired) electrons. The number of likely N-dealkylation sites (tertiary alicyclic amines) is 1. The highest BCUT2D eigenvalue weighted by Gasteiger charge is 2.43. The lowest BCUT2D eigenvalue weighted by atomic mass is 10.2. The molecule has 0 aliphatic carbocycles. The second-order valence-corrected chi connectivity index (χ2v) is 7.09. The highest BCUT2D eigenvalue weighted by molar-refractivity contribution is 5.82. The van der Waals surface area contributed by atoms with Gasteiger partial charge < -0.3 is 19.4 Å². The molecular weight excluding hydrogens is 363 g/mol. The van der Waals surface area contributed by atoms with Crippen LogP contribution < -0.4 is 9.96 Å². The number of carbonyl (C=O) groups is 2. The number of rotatable bonds is 4. The van der Waals surface area contributed by atoms with Crippen LogP contribution in [0.15, 0.2) is 18.2 Å². The molecule has 0 bridgehead atoms. The maximum absolute atomic E-state index is 13.5. The van der Waals surface area contributed by atoms with Gasteiger partial charge in [-0.25, -0.2) is 19.2 Å². The molecule has 1 saturated heterocycles. The summed E-state index contributed by atoms with van der Waals surface area (Å²) in [4.78, 5) is 25.6. The van der Waals surface area contributed by atoms with Crippen LogP contribution in [0.1, 0.15) is 27.2 Å². The van der Waals surface area contributed by atoms with Crippen molar-refractivity contribution in [3.63, 3.8) is 0 Å². The van der Waals surface area contributed by atoms with Crippen LogP contribution in [0.5, 0.6) is 5.75 Å². The van der Waals surface area contributed by atoms with Crippen LogP contribution in [-0.4, -0.2) is 53.6 Å². The highest BCUT2D eigenvalue weighted by atomic mass is 19.1. The van der Waals surface area contributed by atoms with Gasteiger partial charge in [0.2, 0.25) is 5.69 Å². The lowest BCUT2D eigenvalue weighted by Crippen LogP contribution is -2.99. The molecule has 1 unspecified atom stereocenters. The minimum Gasteiger partial charge on any atom is -0.595 e. The number of carbonyl (C=O) groups excluding carboxylic acids is 2. The second kappa shape index (κ2) is 8.07. The average molecular weight is 386 g/mol. The average Bonchev–Trinajstić information content (AvgIpc) is 2.96. The van der Waals surface area contributed by atoms with Gasteiger partial charge in [0.1, 0.15) is 23.6 Å². The Balaban J connectivity index is 2.22. The molecule has 27 heavy (non-hydrogen) atoms. The van der Waals surface area contributed by atoms with Gasteiger partial charge >= 0.3 is 12.1 Å². The summed E-state index contributed by atoms with van der Waals surface area (Å²) < 4.78 is 29.1. The number of methoxy groups -OCH3 is 1. The van der Waals surface area contributed by atoms with Crippen molar-refractivity contribution >= 4 is 17.7 Å². The van der Waals surface area contributed by atoms with Gasteiger partial charge in [-0.2, -0.15) is 5.23 Å². The smallest absolute Gasteiger partial charge is 0.411 e. The lowest BCUT2D eigenvalue weighted by molar-refractivity contribution is -0.991. The molecule has 1 fully saturated rings. The molecule has 9 nitrogen and oxygen atoms in total. The Kier molecular flexibility index (Phi) is 6.24. The van der Waals surface area contributed by atoms with Crippen molar-refractivity contribution in [3.05, 3.63) is 29.2 Å². The van der Waals surface area contributed by atoms with Crippen molar-refractivity contribution in [2.45, 2.75) is 44.9 Å². The van der Waals surface area contributed by atoms with E-state index in [1.165, 1.54) is 12.0 Å². The summed E-state index contributed by atoms with van der Waals surface area (Å²) in [6.07, 6.45) is -1.40. The van der Waals surface area contributed by atoms with E-state index in [0.717, 1.165) is 18.2 Å². The zero-order valence-corrected chi connectivity index (χ0v) is 15.5. The Morgan fingerprint density at radius 1 is 1.37 bits per heavy atom. The second-order valence-electron chi connectivity index (χ2n) is 7.09. The Morgan fingerprint density at radius 3 is 2.59 bits per heavy atom. The SMILES string of the molecule is COC(=O)[C@@H]1C[C@H](Oc2cc(F)ccc2[NH+]([O-])O)CN1C(=O)OC(C)(C)C. The first kappa shape index (κ1) is 20.9. The van der Waals surface area contributed by atoms with Gasteiger partial charge in [0.15, 0.2) is 5.75 Å². The molecule has 0 aromatic heterocycles. The molecule has 150 valence electrons. The highest BCUT2D eigenvalue weighted by Crippen LogP contribution is 2.29. The fourth-order valence-corrected chi connectivity index (χ4v) is 2.71. The minimum atomic E-state index is -1.28. The van der Waals surface area contributed by atoms with Gasteiger partial charge in [-0.05, 0) is 26.8 Å². The number of nitrogens with zero attached hydrogens (tertiary/aromatic N) is 1. The summed E-state index contributed by atoms with van der Waals surface area (Å²) in [5.74, 6) is -1.49. The third-order valence-corrected chi connectivity index (χ3v) is 3.83. The Hall–Kier alpha value is -2.43. The Labute approximate surface area is 155 Å². The predicted molar refractivity (Wildman–Crippen MR) is 90.0 cm³/mol. The molecule has 3 atom stereocenters. The predicted octanol–water partition coefficient (Wildman–Crippen LogP) is 1.16. The number of hydrogen-bond acceptors (Lipinski definition) is 7. The summed E-state index contributed by atoms with van der Waals surface area (Å²) in [5.41, 5.74) is -0.989. The van der Waals surface area contributed by atoms with Crippen LogP contribution >= 0.6 is 0 Å². The fraction of sp³-hybridized carbons (Fsp3) is 0.529. The van der Waals surface area contributed by atoms with E-state index in [4.69, 9.17) is 14.2 Å². The first-order valence-corrected chi connectivity index (χ1v) is 8.28. The minimum absolute atomic E-state index is 0.0374. The van der Waals surface area contributed by atoms with Crippen molar-refractivity contribution in [2.75, 3.05) is 13.7 Å². The number of ether oxygens (including phenoxy) is 3. The Morgan fingerprint density at radius 2 is 2.04 bits per heavy atom. The van der Waals surface area contributed by atoms with Crippen molar-refractivity contribution in [2.24, 2.45) is 0 Å². The molecule has 1 aliphatic rings. The number of hydrogen-bond donors (Lipinski definition) is 2. The van der Waals surface area contributed by atoms with Gasteiger partial charge in [-0.3, -0.25) is 4.90 Å². The first-order valence-electron chi connectivity index (χ1n) is 8.28. The number of benzene rings is 1. The fourth-order valence-electron chi connectivity index (χ4n) is 2.71. The monoisotopic (exact) mass is 386 g/mol. The van der Waals surface area contributed by atoms with Crippen molar-refractivity contribution in [3.8, 4) is 5.75 Å². The normalized spacial score (nSPS) is 20.9. The molecule has 1 aliphatic heterocycles. The molecule has 1 heterocycles. The van der Waals surface area contributed by atoms with E-state index in [0.29, 0.717) is 0 Å². The van der Waals surface area contributed by atoms with Crippen molar-refractivity contribution < 1.29 is 38.6 Å². The van der Waals surface area contributed by atoms with Crippen LogP contribution in [0.4, 0.5) is 14.9 Å². The quantitative estimate of drug-likeness (QED) is 0.590. The third-order valence-electron chi connectivity index (χ3n) is 3.83. The van der Waals surface area contributed by atoms with Gasteiger partial charge in [0.05, 0.1) is 13.7 Å². The maximum atomic E-state index is 13.5. The van der Waals surface area contributed by atoms with Crippen LogP contribution in [0.3, 0.4) is 0 Å². The number of nitrogens with one attached hydrogen (secondary N) is 1. The summed E-state index contributed by atoms with van der Waals surface area (Å²) in [6, 6.07) is 2.10. The van der Waals surface area contributed by atoms with E-state index in [1.807, 2.05) is 0 Å². The number of halogens is 1. The molecule has 2 rings (SSSR count). The summed E-state index contributed by atoms with van der Waals surface area (Å²) in [6.45, 7) is 5.03. The molecule has 2 N–H and O–H groups in total. The first-order chi connectivity index (χ1) is 12.5. The largest absolute Gasteiger partial charge is 0.595 e. The molecule has 10 heteroatoms. The van der Waals surface area contributed by atoms with E-state index < -0.39 is 40.9 Å². The Bertz CT molecular complexity index is 705. The summed E-state index contributed by atoms with van der Waals surface area (Å²) in [5, 5.41) is 19.2. The zero-order valence-electron chi connectivity index (χ0n) is 15.5. The van der Waals surface area contributed by atoms with E-state index in [-0.39, 0.29) is 24.4 Å². The van der Waals surface area contributed by atoms with Gasteiger partial charge in [0.25, 0.3) is 0 Å². The van der Waals surface area contributed by atoms with Crippen LogP contribution in [0.2, 0.25) is 0 Å². The van der Waals surface area contributed by atoms with Crippen LogP contribution in [0, 0.1) is 11.0 Å². The van der Waals surface area contributed by atoms with E-state index in [1.54, 1.807) is 20.8 Å². The zero-order chi connectivity index (χ0) is 20.4. The topological polar surface area (TPSA) is 113 Å². The molecule has 0 spiro atoms. The molecule has 0 saturated carbocycles. The van der Waals surface area contributed by atoms with E-state index in [2.05, 4.69) is 0 Å². The number of esters is 1. The van der Waals surface area contributed by atoms with E-state index in [9.17, 15) is 24.4 Å². The van der Waals surface area contributed by atoms with E-state index >= 15 is 0 Å². The molecule has 1 aromatic carbocycles. The third kappa shape index (κ3) is 5.28. The molecular formula is C17H23FN2O7. The summed E-state index contributed by atoms with van der Waals surface area (Å²) >= 11 is 0. The standard InChI is InChI=1S/C17H23FN2O7/c1-17(2,3)27-16(22)19-9-11(8-13(19)15(21)25-4)26-14-7-10(18)5-6-12(14)20(23)24/h5-7,11,13,20,23H,8-9H2,1-4H3/t11-,13-/m0/s1. The van der Waals surface area contributed by atoms with Gasteiger partial charge in [-0.15, -0.1) is 0 Å². The summed E-state index contributed by atoms with van der Waals surface area (Å²) in [7, 11) is 1.19.